The van der Waals surface area contributed by atoms with Crippen molar-refractivity contribution in [3.05, 3.63) is 22.9 Å². The Labute approximate surface area is 115 Å². The Bertz CT molecular complexity index is 506. The highest BCUT2D eigenvalue weighted by molar-refractivity contribution is 7.85. The van der Waals surface area contributed by atoms with Crippen LogP contribution in [0.15, 0.2) is 6.07 Å². The van der Waals surface area contributed by atoms with E-state index in [0.717, 1.165) is 35.7 Å². The van der Waals surface area contributed by atoms with Gasteiger partial charge in [0.15, 0.2) is 0 Å². The van der Waals surface area contributed by atoms with Crippen LogP contribution < -0.4 is 10.6 Å². The highest BCUT2D eigenvalue weighted by Crippen LogP contribution is 2.23. The molecule has 1 aliphatic rings. The van der Waals surface area contributed by atoms with Crippen LogP contribution in [0, 0.1) is 13.8 Å². The maximum atomic E-state index is 11.4. The number of hydrogen-bond donors (Lipinski definition) is 1. The summed E-state index contributed by atoms with van der Waals surface area (Å²) in [5.41, 5.74) is 8.66. The quantitative estimate of drug-likeness (QED) is 0.817. The van der Waals surface area contributed by atoms with Crippen molar-refractivity contribution in [1.82, 2.24) is 4.98 Å². The standard InChI is InChI=1S/C12H17N3OS2/c1-8-7-9(2)14-12(10(8)11(13)17)15-3-5-18(16)6-4-15/h7H,3-6H2,1-2H3,(H2,13,17). The first-order valence-corrected chi connectivity index (χ1v) is 7.76. The third kappa shape index (κ3) is 2.70. The van der Waals surface area contributed by atoms with Gasteiger partial charge < -0.3 is 10.6 Å². The van der Waals surface area contributed by atoms with Crippen molar-refractivity contribution in [2.75, 3.05) is 29.5 Å². The van der Waals surface area contributed by atoms with Crippen LogP contribution in [0.25, 0.3) is 0 Å². The molecule has 1 aromatic rings. The van der Waals surface area contributed by atoms with Gasteiger partial charge in [0.25, 0.3) is 0 Å². The summed E-state index contributed by atoms with van der Waals surface area (Å²) >= 11 is 5.12. The molecule has 0 amide bonds. The first-order chi connectivity index (χ1) is 8.49. The maximum absolute atomic E-state index is 11.4. The molecule has 1 fully saturated rings. The summed E-state index contributed by atoms with van der Waals surface area (Å²) in [6, 6.07) is 1.99. The van der Waals surface area contributed by atoms with Crippen molar-refractivity contribution in [3.63, 3.8) is 0 Å². The van der Waals surface area contributed by atoms with E-state index in [0.29, 0.717) is 16.5 Å². The van der Waals surface area contributed by atoms with Gasteiger partial charge in [-0.15, -0.1) is 0 Å². The number of nitrogens with zero attached hydrogens (tertiary/aromatic N) is 2. The summed E-state index contributed by atoms with van der Waals surface area (Å²) in [6.07, 6.45) is 0. The van der Waals surface area contributed by atoms with Crippen molar-refractivity contribution >= 4 is 33.8 Å². The molecule has 6 heteroatoms. The molecule has 4 nitrogen and oxygen atoms in total. The third-order valence-electron chi connectivity index (χ3n) is 3.05. The number of thiocarbonyl (C=S) groups is 1. The van der Waals surface area contributed by atoms with E-state index in [9.17, 15) is 4.21 Å². The van der Waals surface area contributed by atoms with Gasteiger partial charge in [0.1, 0.15) is 10.8 Å². The van der Waals surface area contributed by atoms with Crippen molar-refractivity contribution in [2.24, 2.45) is 5.73 Å². The second-order valence-electron chi connectivity index (χ2n) is 4.48. The number of pyridine rings is 1. The fourth-order valence-electron chi connectivity index (χ4n) is 2.20. The topological polar surface area (TPSA) is 59.2 Å². The van der Waals surface area contributed by atoms with E-state index >= 15 is 0 Å². The zero-order chi connectivity index (χ0) is 13.3. The summed E-state index contributed by atoms with van der Waals surface area (Å²) in [5.74, 6) is 2.22. The molecule has 0 aliphatic carbocycles. The highest BCUT2D eigenvalue weighted by atomic mass is 32.2. The second-order valence-corrected chi connectivity index (χ2v) is 6.61. The average Bonchev–Trinajstić information content (AvgIpc) is 2.28. The van der Waals surface area contributed by atoms with Gasteiger partial charge in [0.2, 0.25) is 0 Å². The Kier molecular flexibility index (Phi) is 3.97. The lowest BCUT2D eigenvalue weighted by Gasteiger charge is -2.29. The Hall–Kier alpha value is -1.01. The SMILES string of the molecule is Cc1cc(C)c(C(N)=S)c(N2CCS(=O)CC2)n1. The van der Waals surface area contributed by atoms with E-state index in [4.69, 9.17) is 18.0 Å². The van der Waals surface area contributed by atoms with E-state index < -0.39 is 10.8 Å². The van der Waals surface area contributed by atoms with Crippen molar-refractivity contribution in [3.8, 4) is 0 Å². The van der Waals surface area contributed by atoms with Gasteiger partial charge in [-0.25, -0.2) is 4.98 Å². The minimum absolute atomic E-state index is 0.377. The molecule has 1 aliphatic heterocycles. The lowest BCUT2D eigenvalue weighted by atomic mass is 10.1. The summed E-state index contributed by atoms with van der Waals surface area (Å²) in [7, 11) is -0.696. The maximum Gasteiger partial charge on any atom is 0.139 e. The summed E-state index contributed by atoms with van der Waals surface area (Å²) in [6.45, 7) is 5.45. The molecule has 1 saturated heterocycles. The van der Waals surface area contributed by atoms with Crippen LogP contribution in [0.2, 0.25) is 0 Å². The molecular formula is C12H17N3OS2. The first kappa shape index (κ1) is 13.4. The molecular weight excluding hydrogens is 266 g/mol. The lowest BCUT2D eigenvalue weighted by molar-refractivity contribution is 0.672. The van der Waals surface area contributed by atoms with Crippen molar-refractivity contribution in [2.45, 2.75) is 13.8 Å². The van der Waals surface area contributed by atoms with Gasteiger partial charge in [-0.05, 0) is 25.5 Å². The molecule has 1 aromatic heterocycles. The molecule has 0 atom stereocenters. The van der Waals surface area contributed by atoms with Crippen LogP contribution in [0.3, 0.4) is 0 Å². The van der Waals surface area contributed by atoms with Crippen LogP contribution in [0.1, 0.15) is 16.8 Å². The Morgan fingerprint density at radius 2 is 2.06 bits per heavy atom. The third-order valence-corrected chi connectivity index (χ3v) is 4.53. The van der Waals surface area contributed by atoms with Gasteiger partial charge in [0.05, 0.1) is 5.56 Å². The summed E-state index contributed by atoms with van der Waals surface area (Å²) in [4.78, 5) is 7.07. The predicted octanol–water partition coefficient (Wildman–Crippen LogP) is 0.901. The average molecular weight is 283 g/mol. The van der Waals surface area contributed by atoms with Gasteiger partial charge >= 0.3 is 0 Å². The molecule has 0 bridgehead atoms. The highest BCUT2D eigenvalue weighted by Gasteiger charge is 2.21. The monoisotopic (exact) mass is 283 g/mol. The molecule has 0 unspecified atom stereocenters. The molecule has 0 spiro atoms. The van der Waals surface area contributed by atoms with Gasteiger partial charge in [0, 0.05) is 41.1 Å². The molecule has 2 rings (SSSR count). The first-order valence-electron chi connectivity index (χ1n) is 5.87. The Balaban J connectivity index is 2.42. The number of aromatic nitrogens is 1. The van der Waals surface area contributed by atoms with E-state index in [1.165, 1.54) is 0 Å². The van der Waals surface area contributed by atoms with Gasteiger partial charge in [-0.2, -0.15) is 0 Å². The number of aryl methyl sites for hydroxylation is 2. The summed E-state index contributed by atoms with van der Waals surface area (Å²) in [5, 5.41) is 0. The van der Waals surface area contributed by atoms with Crippen LogP contribution in [-0.2, 0) is 10.8 Å². The zero-order valence-corrected chi connectivity index (χ0v) is 12.2. The lowest BCUT2D eigenvalue weighted by Crippen LogP contribution is -2.39. The number of anilines is 1. The van der Waals surface area contributed by atoms with Crippen LogP contribution in [-0.4, -0.2) is 38.8 Å². The molecule has 2 heterocycles. The molecule has 98 valence electrons. The van der Waals surface area contributed by atoms with Gasteiger partial charge in [-0.1, -0.05) is 12.2 Å². The van der Waals surface area contributed by atoms with Crippen LogP contribution in [0.4, 0.5) is 5.82 Å². The minimum Gasteiger partial charge on any atom is -0.389 e. The van der Waals surface area contributed by atoms with E-state index in [1.807, 2.05) is 19.9 Å². The van der Waals surface area contributed by atoms with E-state index in [1.54, 1.807) is 0 Å². The van der Waals surface area contributed by atoms with E-state index in [-0.39, 0.29) is 0 Å². The number of hydrogen-bond acceptors (Lipinski definition) is 4. The number of rotatable bonds is 2. The molecule has 18 heavy (non-hydrogen) atoms. The molecule has 2 N–H and O–H groups in total. The largest absolute Gasteiger partial charge is 0.389 e. The number of nitrogens with two attached hydrogens (primary N) is 1. The van der Waals surface area contributed by atoms with Crippen molar-refractivity contribution in [1.29, 1.82) is 0 Å². The fourth-order valence-corrected chi connectivity index (χ4v) is 3.50. The Morgan fingerprint density at radius 3 is 2.61 bits per heavy atom. The normalized spacial score (nSPS) is 16.9. The smallest absolute Gasteiger partial charge is 0.139 e. The fraction of sp³-hybridized carbons (Fsp3) is 0.500. The predicted molar refractivity (Wildman–Crippen MR) is 79.7 cm³/mol. The molecule has 0 aromatic carbocycles. The molecule has 0 radical (unpaired) electrons. The van der Waals surface area contributed by atoms with Gasteiger partial charge in [-0.3, -0.25) is 4.21 Å². The van der Waals surface area contributed by atoms with E-state index in [2.05, 4.69) is 9.88 Å². The second kappa shape index (κ2) is 5.32. The zero-order valence-electron chi connectivity index (χ0n) is 10.6. The Morgan fingerprint density at radius 1 is 1.44 bits per heavy atom. The van der Waals surface area contributed by atoms with Crippen LogP contribution >= 0.6 is 12.2 Å². The molecule has 0 saturated carbocycles. The minimum atomic E-state index is -0.696. The van der Waals surface area contributed by atoms with Crippen LogP contribution in [0.5, 0.6) is 0 Å². The van der Waals surface area contributed by atoms with Crippen molar-refractivity contribution < 1.29 is 4.21 Å². The summed E-state index contributed by atoms with van der Waals surface area (Å²) < 4.78 is 11.4.